The third-order valence-corrected chi connectivity index (χ3v) is 3.44. The van der Waals surface area contributed by atoms with E-state index in [0.29, 0.717) is 32.2 Å². The molecule has 7 heteroatoms. The monoisotopic (exact) mass is 382 g/mol. The fourth-order valence-corrected chi connectivity index (χ4v) is 2.39. The van der Waals surface area contributed by atoms with Crippen molar-refractivity contribution in [1.82, 2.24) is 9.80 Å². The largest absolute Gasteiger partial charge is 0.370 e. The van der Waals surface area contributed by atoms with Gasteiger partial charge in [-0.3, -0.25) is 9.79 Å². The second kappa shape index (κ2) is 7.88. The molecule has 110 valence electrons. The van der Waals surface area contributed by atoms with Crippen LogP contribution in [0.1, 0.15) is 19.8 Å². The second-order valence-corrected chi connectivity index (χ2v) is 4.65. The molecule has 0 aromatic carbocycles. The molecule has 0 aromatic rings. The lowest BCUT2D eigenvalue weighted by Crippen LogP contribution is -2.54. The van der Waals surface area contributed by atoms with Crippen LogP contribution in [-0.2, 0) is 9.53 Å². The molecule has 0 radical (unpaired) electrons. The zero-order valence-electron chi connectivity index (χ0n) is 11.4. The van der Waals surface area contributed by atoms with Gasteiger partial charge >= 0.3 is 0 Å². The van der Waals surface area contributed by atoms with Crippen molar-refractivity contribution in [2.75, 3.05) is 39.3 Å². The number of halogens is 1. The zero-order chi connectivity index (χ0) is 13.0. The van der Waals surface area contributed by atoms with Gasteiger partial charge in [0.1, 0.15) is 6.10 Å². The number of hydrogen-bond donors (Lipinski definition) is 1. The van der Waals surface area contributed by atoms with Crippen molar-refractivity contribution >= 4 is 35.8 Å². The number of ether oxygens (including phenoxy) is 1. The minimum absolute atomic E-state index is 0. The second-order valence-electron chi connectivity index (χ2n) is 4.65. The molecular weight excluding hydrogens is 359 g/mol. The molecule has 2 fully saturated rings. The molecule has 2 aliphatic heterocycles. The minimum Gasteiger partial charge on any atom is -0.370 e. The van der Waals surface area contributed by atoms with Crippen molar-refractivity contribution in [2.45, 2.75) is 25.9 Å². The van der Waals surface area contributed by atoms with Crippen LogP contribution in [0.3, 0.4) is 0 Å². The summed E-state index contributed by atoms with van der Waals surface area (Å²) in [6.45, 7) is 6.30. The lowest BCUT2D eigenvalue weighted by atomic mass is 10.2. The topological polar surface area (TPSA) is 71.2 Å². The highest BCUT2D eigenvalue weighted by Gasteiger charge is 2.30. The number of guanidine groups is 1. The summed E-state index contributed by atoms with van der Waals surface area (Å²) in [7, 11) is 0. The summed E-state index contributed by atoms with van der Waals surface area (Å²) >= 11 is 0. The van der Waals surface area contributed by atoms with Crippen LogP contribution in [0.5, 0.6) is 0 Å². The van der Waals surface area contributed by atoms with Crippen molar-refractivity contribution in [3.63, 3.8) is 0 Å². The van der Waals surface area contributed by atoms with E-state index in [1.54, 1.807) is 0 Å². The van der Waals surface area contributed by atoms with Gasteiger partial charge in [0.2, 0.25) is 0 Å². The molecule has 2 saturated heterocycles. The van der Waals surface area contributed by atoms with Crippen LogP contribution in [0, 0.1) is 0 Å². The van der Waals surface area contributed by atoms with Crippen molar-refractivity contribution in [3.8, 4) is 0 Å². The third-order valence-electron chi connectivity index (χ3n) is 3.44. The van der Waals surface area contributed by atoms with Gasteiger partial charge in [-0.15, -0.1) is 24.0 Å². The van der Waals surface area contributed by atoms with E-state index < -0.39 is 0 Å². The molecule has 0 aliphatic carbocycles. The molecule has 2 rings (SSSR count). The summed E-state index contributed by atoms with van der Waals surface area (Å²) in [6, 6.07) is 0. The Bertz CT molecular complexity index is 324. The first-order chi connectivity index (χ1) is 8.72. The van der Waals surface area contributed by atoms with E-state index in [2.05, 4.69) is 4.99 Å². The SMILES string of the molecule is CCN=C(N)N1CCN(C(=O)C2CCCO2)CC1.I. The molecule has 0 spiro atoms. The molecule has 1 atom stereocenters. The fraction of sp³-hybridized carbons (Fsp3) is 0.833. The summed E-state index contributed by atoms with van der Waals surface area (Å²) in [5, 5.41) is 0. The molecule has 1 unspecified atom stereocenters. The van der Waals surface area contributed by atoms with Crippen LogP contribution in [0.4, 0.5) is 0 Å². The predicted molar refractivity (Wildman–Crippen MR) is 84.7 cm³/mol. The number of aliphatic imine (C=N–C) groups is 1. The van der Waals surface area contributed by atoms with Crippen LogP contribution in [0.15, 0.2) is 4.99 Å². The molecule has 2 aliphatic rings. The maximum atomic E-state index is 12.1. The summed E-state index contributed by atoms with van der Waals surface area (Å²) in [4.78, 5) is 20.2. The van der Waals surface area contributed by atoms with Gasteiger partial charge in [-0.05, 0) is 19.8 Å². The molecule has 0 aromatic heterocycles. The van der Waals surface area contributed by atoms with Crippen LogP contribution >= 0.6 is 24.0 Å². The van der Waals surface area contributed by atoms with E-state index in [-0.39, 0.29) is 36.0 Å². The van der Waals surface area contributed by atoms with Gasteiger partial charge in [-0.25, -0.2) is 0 Å². The number of piperazine rings is 1. The molecule has 0 saturated carbocycles. The lowest BCUT2D eigenvalue weighted by Gasteiger charge is -2.36. The summed E-state index contributed by atoms with van der Waals surface area (Å²) in [5.41, 5.74) is 5.85. The van der Waals surface area contributed by atoms with E-state index in [1.165, 1.54) is 0 Å². The zero-order valence-corrected chi connectivity index (χ0v) is 13.7. The first-order valence-corrected chi connectivity index (χ1v) is 6.67. The third kappa shape index (κ3) is 4.20. The Morgan fingerprint density at radius 2 is 1.95 bits per heavy atom. The Morgan fingerprint density at radius 1 is 1.32 bits per heavy atom. The van der Waals surface area contributed by atoms with Gasteiger partial charge in [-0.2, -0.15) is 0 Å². The fourth-order valence-electron chi connectivity index (χ4n) is 2.39. The number of nitrogens with zero attached hydrogens (tertiary/aromatic N) is 3. The van der Waals surface area contributed by atoms with Crippen molar-refractivity contribution in [1.29, 1.82) is 0 Å². The standard InChI is InChI=1S/C12H22N4O2.HI/c1-2-14-12(13)16-7-5-15(6-8-16)11(17)10-4-3-9-18-10;/h10H,2-9H2,1H3,(H2,13,14);1H. The van der Waals surface area contributed by atoms with Gasteiger partial charge < -0.3 is 20.3 Å². The first kappa shape index (κ1) is 16.5. The lowest BCUT2D eigenvalue weighted by molar-refractivity contribution is -0.142. The van der Waals surface area contributed by atoms with Crippen LogP contribution in [0.25, 0.3) is 0 Å². The highest BCUT2D eigenvalue weighted by molar-refractivity contribution is 14.0. The highest BCUT2D eigenvalue weighted by atomic mass is 127. The Hall–Kier alpha value is -0.570. The first-order valence-electron chi connectivity index (χ1n) is 6.67. The Kier molecular flexibility index (Phi) is 6.84. The number of nitrogens with two attached hydrogens (primary N) is 1. The number of carbonyl (C=O) groups is 1. The van der Waals surface area contributed by atoms with Gasteiger partial charge in [-0.1, -0.05) is 0 Å². The number of rotatable bonds is 2. The molecule has 2 N–H and O–H groups in total. The van der Waals surface area contributed by atoms with Gasteiger partial charge in [0.25, 0.3) is 5.91 Å². The van der Waals surface area contributed by atoms with E-state index >= 15 is 0 Å². The molecule has 2 heterocycles. The van der Waals surface area contributed by atoms with Crippen molar-refractivity contribution in [2.24, 2.45) is 10.7 Å². The summed E-state index contributed by atoms with van der Waals surface area (Å²) in [6.07, 6.45) is 1.64. The molecule has 6 nitrogen and oxygen atoms in total. The maximum Gasteiger partial charge on any atom is 0.251 e. The van der Waals surface area contributed by atoms with Crippen LogP contribution in [-0.4, -0.2) is 67.1 Å². The summed E-state index contributed by atoms with van der Waals surface area (Å²) < 4.78 is 5.43. The van der Waals surface area contributed by atoms with E-state index in [4.69, 9.17) is 10.5 Å². The quantitative estimate of drug-likeness (QED) is 0.423. The maximum absolute atomic E-state index is 12.1. The molecule has 19 heavy (non-hydrogen) atoms. The van der Waals surface area contributed by atoms with E-state index in [1.807, 2.05) is 16.7 Å². The summed E-state index contributed by atoms with van der Waals surface area (Å²) in [5.74, 6) is 0.722. The predicted octanol–water partition coefficient (Wildman–Crippen LogP) is 0.262. The van der Waals surface area contributed by atoms with Crippen molar-refractivity contribution < 1.29 is 9.53 Å². The van der Waals surface area contributed by atoms with Crippen LogP contribution in [0.2, 0.25) is 0 Å². The van der Waals surface area contributed by atoms with Crippen molar-refractivity contribution in [3.05, 3.63) is 0 Å². The average molecular weight is 382 g/mol. The number of hydrogen-bond acceptors (Lipinski definition) is 3. The number of amides is 1. The Labute approximate surface area is 131 Å². The Morgan fingerprint density at radius 3 is 2.47 bits per heavy atom. The van der Waals surface area contributed by atoms with Gasteiger partial charge in [0.05, 0.1) is 0 Å². The molecule has 0 bridgehead atoms. The normalized spacial score (nSPS) is 24.3. The minimum atomic E-state index is -0.210. The van der Waals surface area contributed by atoms with E-state index in [0.717, 1.165) is 25.9 Å². The molecule has 1 amide bonds. The average Bonchev–Trinajstić information content (AvgIpc) is 2.92. The van der Waals surface area contributed by atoms with E-state index in [9.17, 15) is 4.79 Å². The highest BCUT2D eigenvalue weighted by Crippen LogP contribution is 2.15. The molecular formula is C12H23IN4O2. The van der Waals surface area contributed by atoms with Gasteiger partial charge in [0, 0.05) is 39.3 Å². The number of carbonyl (C=O) groups excluding carboxylic acids is 1. The van der Waals surface area contributed by atoms with Gasteiger partial charge in [0.15, 0.2) is 5.96 Å². The van der Waals surface area contributed by atoms with Crippen LogP contribution < -0.4 is 5.73 Å². The Balaban J connectivity index is 0.00000180. The smallest absolute Gasteiger partial charge is 0.251 e.